The van der Waals surface area contributed by atoms with Crippen LogP contribution < -0.4 is 11.0 Å². The van der Waals surface area contributed by atoms with Gasteiger partial charge in [0.15, 0.2) is 34.3 Å². The summed E-state index contributed by atoms with van der Waals surface area (Å²) >= 11 is 0. The third-order valence-corrected chi connectivity index (χ3v) is 6.14. The fourth-order valence-corrected chi connectivity index (χ4v) is 4.47. The fourth-order valence-electron chi connectivity index (χ4n) is 4.47. The maximum atomic E-state index is 15.8. The van der Waals surface area contributed by atoms with Crippen LogP contribution in [0.1, 0.15) is 0 Å². The summed E-state index contributed by atoms with van der Waals surface area (Å²) in [5, 5.41) is 12.8. The fraction of sp³-hybridized carbons (Fsp3) is 0.0833. The Bertz CT molecular complexity index is 2070. The second-order valence-electron chi connectivity index (χ2n) is 7.91. The Balaban J connectivity index is 2.15. The molecule has 2 heterocycles. The Morgan fingerprint density at radius 3 is 1.42 bits per heavy atom. The van der Waals surface area contributed by atoms with E-state index in [1.54, 1.807) is 0 Å². The van der Waals surface area contributed by atoms with Crippen molar-refractivity contribution < 1.29 is 26.3 Å². The van der Waals surface area contributed by atoms with Crippen LogP contribution >= 0.6 is 0 Å². The predicted molar refractivity (Wildman–Crippen MR) is 120 cm³/mol. The minimum Gasteiger partial charge on any atom is -0.327 e. The van der Waals surface area contributed by atoms with Gasteiger partial charge in [-0.3, -0.25) is 0 Å². The van der Waals surface area contributed by atoms with Crippen molar-refractivity contribution in [2.24, 2.45) is 14.1 Å². The number of aromatic nitrogens is 4. The number of halogens is 6. The normalized spacial score (nSPS) is 11.1. The summed E-state index contributed by atoms with van der Waals surface area (Å²) in [7, 11) is 2.19. The minimum absolute atomic E-state index is 0.495. The van der Waals surface area contributed by atoms with E-state index in [2.05, 4.69) is 19.7 Å². The first-order chi connectivity index (χ1) is 18.0. The first-order valence-corrected chi connectivity index (χ1v) is 10.2. The molecule has 0 saturated carbocycles. The van der Waals surface area contributed by atoms with Gasteiger partial charge >= 0.3 is 5.82 Å². The van der Waals surface area contributed by atoms with Crippen molar-refractivity contribution in [3.63, 3.8) is 0 Å². The highest BCUT2D eigenvalue weighted by Crippen LogP contribution is 2.41. The molecule has 0 fully saturated rings. The number of fused-ring (bicyclic) bond motifs is 4. The third-order valence-electron chi connectivity index (χ3n) is 6.14. The van der Waals surface area contributed by atoms with E-state index in [4.69, 9.17) is 23.7 Å². The zero-order valence-corrected chi connectivity index (χ0v) is 18.8. The lowest BCUT2D eigenvalue weighted by Crippen LogP contribution is -2.18. The molecule has 0 atom stereocenters. The average Bonchev–Trinajstić information content (AvgIpc) is 3.42. The maximum absolute atomic E-state index is 15.8. The van der Waals surface area contributed by atoms with Crippen LogP contribution in [0.3, 0.4) is 0 Å². The first kappa shape index (κ1) is 24.1. The van der Waals surface area contributed by atoms with E-state index in [-0.39, 0.29) is 0 Å². The second-order valence-corrected chi connectivity index (χ2v) is 7.91. The highest BCUT2D eigenvalue weighted by molar-refractivity contribution is 6.09. The molecule has 0 bridgehead atoms. The van der Waals surface area contributed by atoms with Crippen molar-refractivity contribution in [3.8, 4) is 12.1 Å². The summed E-state index contributed by atoms with van der Waals surface area (Å²) in [6, 6.07) is 2.98. The third kappa shape index (κ3) is 2.71. The largest absolute Gasteiger partial charge is 0.562 e. The van der Waals surface area contributed by atoms with Gasteiger partial charge in [0.1, 0.15) is 59.0 Å². The molecule has 0 unspecified atom stereocenters. The van der Waals surface area contributed by atoms with Crippen molar-refractivity contribution >= 4 is 55.0 Å². The lowest BCUT2D eigenvalue weighted by molar-refractivity contribution is 0.577. The van der Waals surface area contributed by atoms with Crippen LogP contribution in [0, 0.1) is 70.7 Å². The van der Waals surface area contributed by atoms with E-state index in [1.165, 1.54) is 12.1 Å². The number of benzene rings is 3. The Morgan fingerprint density at radius 2 is 1.03 bits per heavy atom. The second kappa shape index (κ2) is 7.95. The Morgan fingerprint density at radius 1 is 0.658 bits per heavy atom. The number of hydrogen-bond acceptors (Lipinski definition) is 4. The molecule has 0 spiro atoms. The van der Waals surface area contributed by atoms with E-state index < -0.39 is 101 Å². The van der Waals surface area contributed by atoms with Crippen molar-refractivity contribution in [1.29, 1.82) is 10.5 Å². The quantitative estimate of drug-likeness (QED) is 0.177. The highest BCUT2D eigenvalue weighted by Gasteiger charge is 2.32. The smallest absolute Gasteiger partial charge is 0.327 e. The van der Waals surface area contributed by atoms with Gasteiger partial charge in [-0.1, -0.05) is 0 Å². The monoisotopic (exact) mass is 520 g/mol. The molecule has 3 aromatic carbocycles. The molecule has 0 amide bonds. The zero-order valence-electron chi connectivity index (χ0n) is 18.8. The van der Waals surface area contributed by atoms with Crippen molar-refractivity contribution in [3.05, 3.63) is 68.7 Å². The van der Waals surface area contributed by atoms with Gasteiger partial charge < -0.3 is 9.13 Å². The van der Waals surface area contributed by atoms with Gasteiger partial charge in [-0.15, -0.1) is 0 Å². The van der Waals surface area contributed by atoms with E-state index in [1.807, 2.05) is 0 Å². The molecule has 0 saturated heterocycles. The van der Waals surface area contributed by atoms with Crippen molar-refractivity contribution in [1.82, 2.24) is 19.1 Å². The van der Waals surface area contributed by atoms with Gasteiger partial charge in [-0.25, -0.2) is 36.3 Å². The van der Waals surface area contributed by atoms with Gasteiger partial charge in [0.25, 0.3) is 0 Å². The van der Waals surface area contributed by atoms with Gasteiger partial charge in [0.2, 0.25) is 5.48 Å². The van der Waals surface area contributed by atoms with E-state index >= 15 is 26.3 Å². The molecule has 184 valence electrons. The average molecular weight is 520 g/mol. The van der Waals surface area contributed by atoms with Gasteiger partial charge in [0.05, 0.1) is 21.5 Å². The Kier molecular flexibility index (Phi) is 5.05. The number of rotatable bonds is 0. The Hall–Kier alpha value is -5.60. The minimum atomic E-state index is -1.85. The molecule has 0 aliphatic carbocycles. The van der Waals surface area contributed by atoms with Crippen LogP contribution in [0.2, 0.25) is 0 Å². The number of nitriles is 2. The lowest BCUT2D eigenvalue weighted by Gasteiger charge is -2.13. The van der Waals surface area contributed by atoms with Gasteiger partial charge in [0, 0.05) is 14.1 Å². The van der Waals surface area contributed by atoms with E-state index in [9.17, 15) is 0 Å². The van der Waals surface area contributed by atoms with Gasteiger partial charge in [-0.2, -0.15) is 20.2 Å². The SMILES string of the molecule is [C-]#[N+]C([N+]#[C-])=c1nc2c(F)c3c(F)c4c(F)c5c(nc(=C(C#N)C#N)n5C)c(F)c4c(F)c3c(F)c2n1C. The zero-order chi connectivity index (χ0) is 27.8. The summed E-state index contributed by atoms with van der Waals surface area (Å²) in [6.45, 7) is 14.1. The molecule has 14 heteroatoms. The van der Waals surface area contributed by atoms with Crippen LogP contribution in [0.15, 0.2) is 0 Å². The summed E-state index contributed by atoms with van der Waals surface area (Å²) in [4.78, 5) is 13.2. The molecule has 5 aromatic rings. The summed E-state index contributed by atoms with van der Waals surface area (Å²) < 4.78 is 95.5. The molecule has 2 aromatic heterocycles. The standard InChI is InChI=1S/C24H6F6N8/c1-33-22(34-2)24-36-19-15(28)9-11(17(30)21(19)38(24)4)12(25)8-10(13(9)26)16(29)20-18(14(8)27)35-23(37(20)3)7(5-31)6-32/h3-4H3. The van der Waals surface area contributed by atoms with Gasteiger partial charge in [-0.05, 0) is 0 Å². The predicted octanol–water partition coefficient (Wildman–Crippen LogP) is 3.70. The van der Waals surface area contributed by atoms with E-state index in [0.29, 0.717) is 0 Å². The molecule has 8 nitrogen and oxygen atoms in total. The number of imidazole rings is 2. The van der Waals surface area contributed by atoms with Crippen LogP contribution in [-0.4, -0.2) is 19.1 Å². The molecule has 0 radical (unpaired) electrons. The summed E-state index contributed by atoms with van der Waals surface area (Å²) in [6.07, 6.45) is 0. The van der Waals surface area contributed by atoms with Crippen LogP contribution in [0.25, 0.3) is 64.7 Å². The molecular formula is C24H6F6N8. The van der Waals surface area contributed by atoms with Crippen molar-refractivity contribution in [2.75, 3.05) is 0 Å². The number of aryl methyl sites for hydroxylation is 2. The topological polar surface area (TPSA) is 91.9 Å². The molecule has 5 rings (SSSR count). The molecular weight excluding hydrogens is 514 g/mol. The number of nitrogens with zero attached hydrogens (tertiary/aromatic N) is 8. The summed E-state index contributed by atoms with van der Waals surface area (Å²) in [5.41, 5.74) is -4.93. The highest BCUT2D eigenvalue weighted by atomic mass is 19.2. The number of hydrogen-bond donors (Lipinski definition) is 0. The van der Waals surface area contributed by atoms with Crippen LogP contribution in [0.4, 0.5) is 26.3 Å². The maximum Gasteiger partial charge on any atom is 0.562 e. The molecule has 38 heavy (non-hydrogen) atoms. The van der Waals surface area contributed by atoms with Crippen LogP contribution in [0.5, 0.6) is 0 Å². The van der Waals surface area contributed by atoms with Crippen molar-refractivity contribution in [2.45, 2.75) is 0 Å². The molecule has 0 aliphatic rings. The lowest BCUT2D eigenvalue weighted by atomic mass is 9.98. The summed E-state index contributed by atoms with van der Waals surface area (Å²) in [5.74, 6) is -10.9. The first-order valence-electron chi connectivity index (χ1n) is 10.2. The molecule has 0 aliphatic heterocycles. The van der Waals surface area contributed by atoms with E-state index in [0.717, 1.165) is 23.2 Å². The van der Waals surface area contributed by atoms with Crippen LogP contribution in [-0.2, 0) is 14.1 Å². The molecule has 0 N–H and O–H groups in total. The Labute approximate surface area is 206 Å².